The zero-order valence-electron chi connectivity index (χ0n) is 12.1. The molecule has 1 spiro atoms. The number of methoxy groups -OCH3 is 1. The molecule has 3 nitrogen and oxygen atoms in total. The topological polar surface area (TPSA) is 36.3 Å². The lowest BCUT2D eigenvalue weighted by Crippen LogP contribution is -2.52. The summed E-state index contributed by atoms with van der Waals surface area (Å²) in [5, 5.41) is 8.95. The number of piperidine rings is 1. The average molecular weight is 270 g/mol. The molecule has 1 aromatic carbocycles. The third kappa shape index (κ3) is 2.46. The Labute approximate surface area is 121 Å². The van der Waals surface area contributed by atoms with Crippen molar-refractivity contribution >= 4 is 0 Å². The molecule has 3 rings (SSSR count). The third-order valence-electron chi connectivity index (χ3n) is 5.19. The Balaban J connectivity index is 1.57. The van der Waals surface area contributed by atoms with Gasteiger partial charge in [-0.25, -0.2) is 0 Å². The van der Waals surface area contributed by atoms with Crippen LogP contribution in [0.5, 0.6) is 0 Å². The van der Waals surface area contributed by atoms with Crippen molar-refractivity contribution in [2.24, 2.45) is 5.41 Å². The van der Waals surface area contributed by atoms with Crippen LogP contribution < -0.4 is 0 Å². The first-order valence-corrected chi connectivity index (χ1v) is 7.50. The number of likely N-dealkylation sites (tertiary alicyclic amines) is 1. The predicted molar refractivity (Wildman–Crippen MR) is 78.1 cm³/mol. The lowest BCUT2D eigenvalue weighted by Gasteiger charge is -2.53. The van der Waals surface area contributed by atoms with Crippen LogP contribution in [0.2, 0.25) is 0 Å². The van der Waals surface area contributed by atoms with Crippen LogP contribution in [0.4, 0.5) is 0 Å². The summed E-state index contributed by atoms with van der Waals surface area (Å²) in [5.74, 6) is 0. The third-order valence-corrected chi connectivity index (χ3v) is 5.19. The molecule has 1 heterocycles. The monoisotopic (exact) mass is 270 g/mol. The van der Waals surface area contributed by atoms with Crippen molar-refractivity contribution in [1.29, 1.82) is 5.26 Å². The maximum absolute atomic E-state index is 8.95. The van der Waals surface area contributed by atoms with Crippen LogP contribution in [0.15, 0.2) is 24.3 Å². The van der Waals surface area contributed by atoms with E-state index >= 15 is 0 Å². The van der Waals surface area contributed by atoms with Crippen LogP contribution >= 0.6 is 0 Å². The van der Waals surface area contributed by atoms with Gasteiger partial charge in [-0.15, -0.1) is 0 Å². The first kappa shape index (κ1) is 13.6. The molecule has 20 heavy (non-hydrogen) atoms. The van der Waals surface area contributed by atoms with Crippen LogP contribution in [-0.4, -0.2) is 31.2 Å². The number of ether oxygens (including phenoxy) is 1. The zero-order valence-corrected chi connectivity index (χ0v) is 12.1. The highest BCUT2D eigenvalue weighted by Gasteiger charge is 2.48. The Morgan fingerprint density at radius 1 is 1.35 bits per heavy atom. The van der Waals surface area contributed by atoms with Gasteiger partial charge in [0.2, 0.25) is 0 Å². The summed E-state index contributed by atoms with van der Waals surface area (Å²) in [4.78, 5) is 2.51. The standard InChI is InChI=1S/C17H22N2O/c1-20-16-5-6-17(16)7-9-19(10-8-17)13-15-4-2-3-14(11-15)12-18/h2-4,11,16H,5-10,13H2,1H3. The van der Waals surface area contributed by atoms with E-state index in [2.05, 4.69) is 17.0 Å². The highest BCUT2D eigenvalue weighted by molar-refractivity contribution is 5.32. The van der Waals surface area contributed by atoms with Crippen LogP contribution in [0.3, 0.4) is 0 Å². The molecule has 0 radical (unpaired) electrons. The van der Waals surface area contributed by atoms with Gasteiger partial charge in [0, 0.05) is 13.7 Å². The number of benzene rings is 1. The van der Waals surface area contributed by atoms with E-state index in [1.165, 1.54) is 31.2 Å². The molecule has 0 amide bonds. The van der Waals surface area contributed by atoms with E-state index in [4.69, 9.17) is 10.00 Å². The van der Waals surface area contributed by atoms with Gasteiger partial charge in [0.25, 0.3) is 0 Å². The largest absolute Gasteiger partial charge is 0.381 e. The minimum absolute atomic E-state index is 0.472. The summed E-state index contributed by atoms with van der Waals surface area (Å²) in [6, 6.07) is 10.2. The van der Waals surface area contributed by atoms with Crippen molar-refractivity contribution < 1.29 is 4.74 Å². The highest BCUT2D eigenvalue weighted by Crippen LogP contribution is 2.50. The number of nitriles is 1. The summed E-state index contributed by atoms with van der Waals surface area (Å²) in [6.45, 7) is 3.26. The molecule has 0 N–H and O–H groups in total. The number of hydrogen-bond acceptors (Lipinski definition) is 3. The molecule has 1 aromatic rings. The maximum atomic E-state index is 8.95. The Morgan fingerprint density at radius 2 is 2.15 bits per heavy atom. The van der Waals surface area contributed by atoms with E-state index in [1.807, 2.05) is 25.3 Å². The molecule has 2 fully saturated rings. The van der Waals surface area contributed by atoms with E-state index in [9.17, 15) is 0 Å². The molecule has 0 aromatic heterocycles. The second-order valence-electron chi connectivity index (χ2n) is 6.21. The van der Waals surface area contributed by atoms with Gasteiger partial charge >= 0.3 is 0 Å². The van der Waals surface area contributed by atoms with Gasteiger partial charge in [-0.3, -0.25) is 4.90 Å². The van der Waals surface area contributed by atoms with E-state index in [-0.39, 0.29) is 0 Å². The Morgan fingerprint density at radius 3 is 2.75 bits per heavy atom. The highest BCUT2D eigenvalue weighted by atomic mass is 16.5. The Hall–Kier alpha value is -1.37. The van der Waals surface area contributed by atoms with E-state index < -0.39 is 0 Å². The second-order valence-corrected chi connectivity index (χ2v) is 6.21. The van der Waals surface area contributed by atoms with E-state index in [0.717, 1.165) is 25.2 Å². The summed E-state index contributed by atoms with van der Waals surface area (Å²) in [6.07, 6.45) is 5.57. The van der Waals surface area contributed by atoms with Crippen molar-refractivity contribution in [3.05, 3.63) is 35.4 Å². The molecule has 1 unspecified atom stereocenters. The van der Waals surface area contributed by atoms with E-state index in [0.29, 0.717) is 11.5 Å². The summed E-state index contributed by atoms with van der Waals surface area (Å²) in [7, 11) is 1.85. The van der Waals surface area contributed by atoms with Crippen molar-refractivity contribution in [1.82, 2.24) is 4.90 Å². The van der Waals surface area contributed by atoms with Crippen molar-refractivity contribution in [2.75, 3.05) is 20.2 Å². The first-order valence-electron chi connectivity index (χ1n) is 7.50. The molecular weight excluding hydrogens is 248 g/mol. The van der Waals surface area contributed by atoms with Crippen molar-refractivity contribution in [2.45, 2.75) is 38.3 Å². The molecule has 0 bridgehead atoms. The zero-order chi connectivity index (χ0) is 14.0. The smallest absolute Gasteiger partial charge is 0.0991 e. The molecule has 106 valence electrons. The molecule has 3 heteroatoms. The van der Waals surface area contributed by atoms with E-state index in [1.54, 1.807) is 0 Å². The second kappa shape index (κ2) is 5.55. The summed E-state index contributed by atoms with van der Waals surface area (Å²) >= 11 is 0. The summed E-state index contributed by atoms with van der Waals surface area (Å²) < 4.78 is 5.61. The normalized spacial score (nSPS) is 25.1. The van der Waals surface area contributed by atoms with Crippen molar-refractivity contribution in [3.63, 3.8) is 0 Å². The fraction of sp³-hybridized carbons (Fsp3) is 0.588. The Bertz CT molecular complexity index is 510. The van der Waals surface area contributed by atoms with Gasteiger partial charge in [-0.05, 0) is 61.9 Å². The molecule has 1 atom stereocenters. The average Bonchev–Trinajstić information content (AvgIpc) is 2.48. The van der Waals surface area contributed by atoms with Gasteiger partial charge in [0.15, 0.2) is 0 Å². The molecule has 2 aliphatic rings. The van der Waals surface area contributed by atoms with Gasteiger partial charge in [-0.2, -0.15) is 5.26 Å². The Kier molecular flexibility index (Phi) is 3.78. The number of nitrogens with zero attached hydrogens (tertiary/aromatic N) is 2. The summed E-state index contributed by atoms with van der Waals surface area (Å²) in [5.41, 5.74) is 2.48. The molecule has 1 saturated heterocycles. The number of hydrogen-bond donors (Lipinski definition) is 0. The lowest BCUT2D eigenvalue weighted by atomic mass is 9.61. The lowest BCUT2D eigenvalue weighted by molar-refractivity contribution is -0.120. The molecule has 1 saturated carbocycles. The molecular formula is C17H22N2O. The van der Waals surface area contributed by atoms with Crippen LogP contribution in [0, 0.1) is 16.7 Å². The minimum Gasteiger partial charge on any atom is -0.381 e. The fourth-order valence-corrected chi connectivity index (χ4v) is 3.76. The predicted octanol–water partition coefficient (Wildman–Crippen LogP) is 2.95. The number of rotatable bonds is 3. The first-order chi connectivity index (χ1) is 9.75. The SMILES string of the molecule is COC1CCC12CCN(Cc1cccc(C#N)c1)CC2. The van der Waals surface area contributed by atoms with Gasteiger partial charge in [-0.1, -0.05) is 12.1 Å². The van der Waals surface area contributed by atoms with Crippen LogP contribution in [0.25, 0.3) is 0 Å². The van der Waals surface area contributed by atoms with Crippen LogP contribution in [0.1, 0.15) is 36.8 Å². The van der Waals surface area contributed by atoms with Crippen molar-refractivity contribution in [3.8, 4) is 6.07 Å². The fourth-order valence-electron chi connectivity index (χ4n) is 3.76. The van der Waals surface area contributed by atoms with Crippen LogP contribution in [-0.2, 0) is 11.3 Å². The van der Waals surface area contributed by atoms with Gasteiger partial charge in [0.1, 0.15) is 0 Å². The maximum Gasteiger partial charge on any atom is 0.0991 e. The molecule has 1 aliphatic carbocycles. The molecule has 1 aliphatic heterocycles. The minimum atomic E-state index is 0.472. The quantitative estimate of drug-likeness (QED) is 0.847. The van der Waals surface area contributed by atoms with Gasteiger partial charge < -0.3 is 4.74 Å². The van der Waals surface area contributed by atoms with Gasteiger partial charge in [0.05, 0.1) is 17.7 Å².